The van der Waals surface area contributed by atoms with Crippen LogP contribution >= 0.6 is 0 Å². The number of carbonyl (C=O) groups excluding carboxylic acids is 1. The molecule has 0 bridgehead atoms. The molecule has 0 saturated carbocycles. The minimum atomic E-state index is -0.715. The molecule has 2 heterocycles. The van der Waals surface area contributed by atoms with E-state index < -0.39 is 11.6 Å². The maximum absolute atomic E-state index is 12.8. The summed E-state index contributed by atoms with van der Waals surface area (Å²) in [6.07, 6.45) is -0.470. The fourth-order valence-electron chi connectivity index (χ4n) is 4.64. The van der Waals surface area contributed by atoms with Gasteiger partial charge in [0.15, 0.2) is 0 Å². The number of rotatable bonds is 3. The number of ether oxygens (including phenoxy) is 2. The highest BCUT2D eigenvalue weighted by Crippen LogP contribution is 2.49. The fourth-order valence-corrected chi connectivity index (χ4v) is 4.64. The lowest BCUT2D eigenvalue weighted by atomic mass is 9.91. The minimum absolute atomic E-state index is 0.0629. The first-order chi connectivity index (χ1) is 16.0. The molecule has 6 rings (SSSR count). The monoisotopic (exact) mass is 436 g/mol. The molecule has 0 radical (unpaired) electrons. The van der Waals surface area contributed by atoms with Crippen LogP contribution in [0.4, 0.5) is 5.69 Å². The van der Waals surface area contributed by atoms with Gasteiger partial charge in [0.05, 0.1) is 5.69 Å². The van der Waals surface area contributed by atoms with E-state index in [1.807, 2.05) is 85.6 Å². The zero-order chi connectivity index (χ0) is 22.6. The summed E-state index contributed by atoms with van der Waals surface area (Å²) in [5, 5.41) is 4.08. The first-order valence-corrected chi connectivity index (χ1v) is 11.1. The standard InChI is InChI=1S/C28H24N2O3/c1-28(2)26(31)29-30-23-14-13-20(32-17-18-8-4-3-5-9-18)16-22(23)25-21-11-7-6-10-19(21)12-15-24(25)33-27(28)30/h3-16,27H,17H2,1-2H3,(H,29,31). The van der Waals surface area contributed by atoms with Crippen molar-refractivity contribution in [3.63, 3.8) is 0 Å². The third kappa shape index (κ3) is 3.11. The molecule has 1 unspecified atom stereocenters. The molecule has 0 aromatic heterocycles. The Hall–Kier alpha value is -3.99. The highest BCUT2D eigenvalue weighted by atomic mass is 16.5. The summed E-state index contributed by atoms with van der Waals surface area (Å²) in [4.78, 5) is 12.8. The largest absolute Gasteiger partial charge is 0.489 e. The Kier molecular flexibility index (Phi) is 4.34. The Bertz CT molecular complexity index is 1380. The highest BCUT2D eigenvalue weighted by molar-refractivity contribution is 6.04. The smallest absolute Gasteiger partial charge is 0.250 e. The van der Waals surface area contributed by atoms with E-state index in [2.05, 4.69) is 23.6 Å². The molecule has 1 amide bonds. The van der Waals surface area contributed by atoms with Crippen molar-refractivity contribution in [2.24, 2.45) is 5.41 Å². The van der Waals surface area contributed by atoms with Gasteiger partial charge < -0.3 is 9.47 Å². The van der Waals surface area contributed by atoms with Crippen molar-refractivity contribution < 1.29 is 14.3 Å². The van der Waals surface area contributed by atoms with Crippen LogP contribution in [0.15, 0.2) is 84.9 Å². The van der Waals surface area contributed by atoms with E-state index in [1.165, 1.54) is 0 Å². The van der Waals surface area contributed by atoms with Crippen molar-refractivity contribution in [2.45, 2.75) is 26.7 Å². The van der Waals surface area contributed by atoms with Crippen molar-refractivity contribution in [3.8, 4) is 22.6 Å². The van der Waals surface area contributed by atoms with E-state index in [0.717, 1.165) is 44.6 Å². The fraction of sp³-hybridized carbons (Fsp3) is 0.179. The van der Waals surface area contributed by atoms with Gasteiger partial charge >= 0.3 is 0 Å². The van der Waals surface area contributed by atoms with Gasteiger partial charge in [-0.15, -0.1) is 0 Å². The number of hydrazine groups is 1. The Balaban J connectivity index is 1.52. The van der Waals surface area contributed by atoms with Crippen LogP contribution in [-0.4, -0.2) is 12.1 Å². The van der Waals surface area contributed by atoms with Crippen LogP contribution in [-0.2, 0) is 11.4 Å². The maximum Gasteiger partial charge on any atom is 0.250 e. The lowest BCUT2D eigenvalue weighted by Gasteiger charge is -2.29. The molecule has 2 aliphatic heterocycles. The molecular weight excluding hydrogens is 412 g/mol. The summed E-state index contributed by atoms with van der Waals surface area (Å²) < 4.78 is 12.7. The van der Waals surface area contributed by atoms with Crippen LogP contribution in [0.25, 0.3) is 21.9 Å². The summed E-state index contributed by atoms with van der Waals surface area (Å²) >= 11 is 0. The molecule has 4 aromatic rings. The third-order valence-electron chi connectivity index (χ3n) is 6.53. The molecule has 164 valence electrons. The van der Waals surface area contributed by atoms with Gasteiger partial charge in [0, 0.05) is 11.1 Å². The summed E-state index contributed by atoms with van der Waals surface area (Å²) in [6.45, 7) is 4.31. The van der Waals surface area contributed by atoms with Crippen molar-refractivity contribution in [1.29, 1.82) is 0 Å². The topological polar surface area (TPSA) is 50.8 Å². The first kappa shape index (κ1) is 19.7. The van der Waals surface area contributed by atoms with Crippen LogP contribution in [0, 0.1) is 5.41 Å². The van der Waals surface area contributed by atoms with E-state index in [4.69, 9.17) is 9.47 Å². The molecule has 4 aromatic carbocycles. The van der Waals surface area contributed by atoms with Crippen LogP contribution in [0.3, 0.4) is 0 Å². The number of benzene rings is 4. The molecular formula is C28H24N2O3. The predicted octanol–water partition coefficient (Wildman–Crippen LogP) is 5.68. The van der Waals surface area contributed by atoms with Gasteiger partial charge in [-0.2, -0.15) is 0 Å². The van der Waals surface area contributed by atoms with Gasteiger partial charge in [0.25, 0.3) is 0 Å². The van der Waals surface area contributed by atoms with Gasteiger partial charge in [-0.05, 0) is 54.4 Å². The second-order valence-electron chi connectivity index (χ2n) is 9.12. The summed E-state index contributed by atoms with van der Waals surface area (Å²) in [5.41, 5.74) is 6.29. The molecule has 5 nitrogen and oxygen atoms in total. The molecule has 5 heteroatoms. The number of anilines is 1. The van der Waals surface area contributed by atoms with E-state index >= 15 is 0 Å². The normalized spacial score (nSPS) is 17.9. The van der Waals surface area contributed by atoms with Gasteiger partial charge in [-0.3, -0.25) is 10.2 Å². The van der Waals surface area contributed by atoms with Gasteiger partial charge in [-0.25, -0.2) is 5.01 Å². The van der Waals surface area contributed by atoms with E-state index in [-0.39, 0.29) is 5.91 Å². The van der Waals surface area contributed by atoms with Crippen LogP contribution in [0.1, 0.15) is 19.4 Å². The molecule has 1 saturated heterocycles. The van der Waals surface area contributed by atoms with Crippen LogP contribution < -0.4 is 19.9 Å². The molecule has 2 aliphatic rings. The summed E-state index contributed by atoms with van der Waals surface area (Å²) in [7, 11) is 0. The first-order valence-electron chi connectivity index (χ1n) is 11.1. The van der Waals surface area contributed by atoms with Gasteiger partial charge in [0.2, 0.25) is 12.1 Å². The number of fused-ring (bicyclic) bond motifs is 7. The summed E-state index contributed by atoms with van der Waals surface area (Å²) in [5.74, 6) is 1.46. The van der Waals surface area contributed by atoms with E-state index in [0.29, 0.717) is 6.61 Å². The highest BCUT2D eigenvalue weighted by Gasteiger charge is 2.51. The molecule has 1 N–H and O–H groups in total. The maximum atomic E-state index is 12.8. The van der Waals surface area contributed by atoms with Crippen molar-refractivity contribution in [1.82, 2.24) is 5.43 Å². The predicted molar refractivity (Wildman–Crippen MR) is 129 cm³/mol. The molecule has 0 aliphatic carbocycles. The Morgan fingerprint density at radius 1 is 0.970 bits per heavy atom. The zero-order valence-corrected chi connectivity index (χ0v) is 18.5. The summed E-state index contributed by atoms with van der Waals surface area (Å²) in [6, 6.07) is 28.5. The number of nitrogens with one attached hydrogen (secondary N) is 1. The van der Waals surface area contributed by atoms with E-state index in [1.54, 1.807) is 0 Å². The SMILES string of the molecule is CC1(C)C(=O)NN2c3ccc(OCc4ccccc4)cc3-c3c(ccc4ccccc34)OC21. The van der Waals surface area contributed by atoms with Crippen molar-refractivity contribution >= 4 is 22.4 Å². The Labute approximate surface area is 192 Å². The number of amides is 1. The molecule has 33 heavy (non-hydrogen) atoms. The van der Waals surface area contributed by atoms with Gasteiger partial charge in [0.1, 0.15) is 23.5 Å². The number of hydrogen-bond donors (Lipinski definition) is 1. The van der Waals surface area contributed by atoms with Crippen LogP contribution in [0.5, 0.6) is 11.5 Å². The molecule has 1 atom stereocenters. The average Bonchev–Trinajstić information content (AvgIpc) is 2.98. The van der Waals surface area contributed by atoms with Gasteiger partial charge in [-0.1, -0.05) is 60.7 Å². The Morgan fingerprint density at radius 3 is 2.61 bits per heavy atom. The third-order valence-corrected chi connectivity index (χ3v) is 6.53. The minimum Gasteiger partial charge on any atom is -0.489 e. The van der Waals surface area contributed by atoms with Crippen molar-refractivity contribution in [3.05, 3.63) is 90.5 Å². The number of carbonyl (C=O) groups is 1. The average molecular weight is 437 g/mol. The van der Waals surface area contributed by atoms with E-state index in [9.17, 15) is 4.79 Å². The zero-order valence-electron chi connectivity index (χ0n) is 18.5. The second-order valence-corrected chi connectivity index (χ2v) is 9.12. The van der Waals surface area contributed by atoms with Crippen LogP contribution in [0.2, 0.25) is 0 Å². The Morgan fingerprint density at radius 2 is 1.76 bits per heavy atom. The molecule has 0 spiro atoms. The second kappa shape index (κ2) is 7.27. The van der Waals surface area contributed by atoms with Crippen molar-refractivity contribution in [2.75, 3.05) is 5.01 Å². The number of nitrogens with zero attached hydrogens (tertiary/aromatic N) is 1. The number of hydrogen-bond acceptors (Lipinski definition) is 4. The molecule has 1 fully saturated rings. The lowest BCUT2D eigenvalue weighted by Crippen LogP contribution is -2.43. The quantitative estimate of drug-likeness (QED) is 0.449. The lowest BCUT2D eigenvalue weighted by molar-refractivity contribution is -0.128.